The predicted octanol–water partition coefficient (Wildman–Crippen LogP) is -0.743. The second-order valence-corrected chi connectivity index (χ2v) is 6.42. The maximum absolute atomic E-state index is 11.8. The first kappa shape index (κ1) is 17.1. The Morgan fingerprint density at radius 2 is 2.23 bits per heavy atom. The number of aromatic amines is 1. The predicted molar refractivity (Wildman–Crippen MR) is 73.4 cm³/mol. The normalized spacial score (nSPS) is 27.7. The van der Waals surface area contributed by atoms with Gasteiger partial charge in [-0.05, 0) is 6.92 Å². The Bertz CT molecular complexity index is 698. The van der Waals surface area contributed by atoms with Gasteiger partial charge in [-0.25, -0.2) is 9.36 Å². The molecule has 1 aromatic rings. The van der Waals surface area contributed by atoms with E-state index in [1.54, 1.807) is 0 Å². The van der Waals surface area contributed by atoms with Crippen LogP contribution in [0.2, 0.25) is 0 Å². The van der Waals surface area contributed by atoms with Crippen molar-refractivity contribution in [3.05, 3.63) is 32.6 Å². The molecule has 0 aromatic carbocycles. The number of aryl methyl sites for hydroxylation is 1. The summed E-state index contributed by atoms with van der Waals surface area (Å²) in [5.74, 6) is 0. The molecule has 0 saturated carbocycles. The molecule has 0 radical (unpaired) electrons. The quantitative estimate of drug-likeness (QED) is 0.597. The molecule has 1 fully saturated rings. The summed E-state index contributed by atoms with van der Waals surface area (Å²) >= 11 is 0. The van der Waals surface area contributed by atoms with Crippen LogP contribution in [-0.4, -0.2) is 45.5 Å². The lowest BCUT2D eigenvalue weighted by Gasteiger charge is -2.17. The van der Waals surface area contributed by atoms with Crippen molar-refractivity contribution in [2.45, 2.75) is 31.8 Å². The van der Waals surface area contributed by atoms with Crippen molar-refractivity contribution in [3.8, 4) is 0 Å². The van der Waals surface area contributed by atoms with Crippen molar-refractivity contribution in [2.75, 3.05) is 13.7 Å². The maximum atomic E-state index is 11.8. The lowest BCUT2D eigenvalue weighted by atomic mass is 10.2. The molecule has 2 rings (SSSR count). The van der Waals surface area contributed by atoms with E-state index in [1.807, 2.05) is 0 Å². The summed E-state index contributed by atoms with van der Waals surface area (Å²) in [5.41, 5.74) is -0.850. The number of rotatable bonds is 5. The van der Waals surface area contributed by atoms with Gasteiger partial charge in [0.05, 0.1) is 12.7 Å². The molecule has 124 valence electrons. The van der Waals surface area contributed by atoms with Crippen molar-refractivity contribution < 1.29 is 28.3 Å². The number of nitrogens with one attached hydrogen (secondary N) is 1. The molecule has 11 heteroatoms. The highest BCUT2D eigenvalue weighted by Gasteiger charge is 2.37. The standard InChI is InChI=1S/C11H17N2O8P/c1-6-4-13(11(16)12-10(6)15)9-3-7(14)8(21-9)5-20-22(17,18)19-2/h4,7-9,14H,3,5H2,1-2H3,(H,17,18)(H,12,15,16)/t7?,8-,9-/m1/s1. The van der Waals surface area contributed by atoms with Gasteiger partial charge in [-0.1, -0.05) is 0 Å². The molecule has 1 aliphatic heterocycles. The Hall–Kier alpha value is -1.29. The Morgan fingerprint density at radius 1 is 1.55 bits per heavy atom. The molecule has 0 aliphatic carbocycles. The van der Waals surface area contributed by atoms with Crippen molar-refractivity contribution in [1.29, 1.82) is 0 Å². The molecule has 4 atom stereocenters. The van der Waals surface area contributed by atoms with Crippen LogP contribution in [-0.2, 0) is 18.3 Å². The second kappa shape index (κ2) is 6.45. The lowest BCUT2D eigenvalue weighted by molar-refractivity contribution is -0.0458. The van der Waals surface area contributed by atoms with Gasteiger partial charge in [0.25, 0.3) is 5.56 Å². The molecule has 2 unspecified atom stereocenters. The maximum Gasteiger partial charge on any atom is 0.472 e. The van der Waals surface area contributed by atoms with Gasteiger partial charge < -0.3 is 14.7 Å². The number of phosphoric ester groups is 1. The number of ether oxygens (including phenoxy) is 1. The zero-order valence-corrected chi connectivity index (χ0v) is 12.9. The van der Waals surface area contributed by atoms with Crippen LogP contribution in [0.15, 0.2) is 15.8 Å². The van der Waals surface area contributed by atoms with E-state index < -0.39 is 37.5 Å². The van der Waals surface area contributed by atoms with Crippen LogP contribution in [0.25, 0.3) is 0 Å². The highest BCUT2D eigenvalue weighted by molar-refractivity contribution is 7.47. The number of nitrogens with zero attached hydrogens (tertiary/aromatic N) is 1. The Labute approximate surface area is 124 Å². The van der Waals surface area contributed by atoms with Gasteiger partial charge in [0.15, 0.2) is 0 Å². The van der Waals surface area contributed by atoms with Crippen LogP contribution < -0.4 is 11.2 Å². The average molecular weight is 336 g/mol. The fourth-order valence-corrected chi connectivity index (χ4v) is 2.50. The first-order chi connectivity index (χ1) is 10.2. The number of hydrogen-bond donors (Lipinski definition) is 3. The Balaban J connectivity index is 2.11. The number of aliphatic hydroxyl groups is 1. The zero-order valence-electron chi connectivity index (χ0n) is 12.0. The molecule has 1 saturated heterocycles. The van der Waals surface area contributed by atoms with Gasteiger partial charge >= 0.3 is 13.5 Å². The molecule has 0 bridgehead atoms. The third kappa shape index (κ3) is 3.72. The van der Waals surface area contributed by atoms with Gasteiger partial charge in [-0.3, -0.25) is 23.4 Å². The minimum Gasteiger partial charge on any atom is -0.390 e. The van der Waals surface area contributed by atoms with Crippen LogP contribution in [0.3, 0.4) is 0 Å². The summed E-state index contributed by atoms with van der Waals surface area (Å²) in [7, 11) is -3.16. The van der Waals surface area contributed by atoms with Crippen LogP contribution >= 0.6 is 7.82 Å². The molecule has 10 nitrogen and oxygen atoms in total. The minimum atomic E-state index is -4.18. The second-order valence-electron chi connectivity index (χ2n) is 4.86. The molecular weight excluding hydrogens is 319 g/mol. The number of phosphoric acid groups is 1. The van der Waals surface area contributed by atoms with Crippen LogP contribution in [0.1, 0.15) is 18.2 Å². The summed E-state index contributed by atoms with van der Waals surface area (Å²) in [6, 6.07) is 0. The fraction of sp³-hybridized carbons (Fsp3) is 0.636. The Kier molecular flexibility index (Phi) is 5.00. The summed E-state index contributed by atoms with van der Waals surface area (Å²) < 4.78 is 26.7. The monoisotopic (exact) mass is 336 g/mol. The lowest BCUT2D eigenvalue weighted by Crippen LogP contribution is -2.33. The van der Waals surface area contributed by atoms with Gasteiger partial charge in [-0.2, -0.15) is 0 Å². The molecule has 1 aromatic heterocycles. The van der Waals surface area contributed by atoms with Crippen LogP contribution in [0.5, 0.6) is 0 Å². The molecular formula is C11H17N2O8P. The third-order valence-corrected chi connectivity index (χ3v) is 4.23. The first-order valence-corrected chi connectivity index (χ1v) is 7.91. The van der Waals surface area contributed by atoms with Crippen LogP contribution in [0.4, 0.5) is 0 Å². The van der Waals surface area contributed by atoms with E-state index in [2.05, 4.69) is 14.0 Å². The summed E-state index contributed by atoms with van der Waals surface area (Å²) in [6.45, 7) is 1.15. The van der Waals surface area contributed by atoms with Crippen molar-refractivity contribution in [2.24, 2.45) is 0 Å². The van der Waals surface area contributed by atoms with Crippen molar-refractivity contribution >= 4 is 7.82 Å². The van der Waals surface area contributed by atoms with Crippen molar-refractivity contribution in [1.82, 2.24) is 9.55 Å². The van der Waals surface area contributed by atoms with E-state index in [4.69, 9.17) is 9.63 Å². The average Bonchev–Trinajstić information content (AvgIpc) is 2.82. The molecule has 0 spiro atoms. The van der Waals surface area contributed by atoms with E-state index in [9.17, 15) is 19.3 Å². The number of H-pyrrole nitrogens is 1. The van der Waals surface area contributed by atoms with E-state index in [0.717, 1.165) is 11.7 Å². The molecule has 1 aliphatic rings. The van der Waals surface area contributed by atoms with E-state index in [0.29, 0.717) is 5.56 Å². The number of aromatic nitrogens is 2. The SMILES string of the molecule is COP(=O)(O)OC[C@H]1O[C@@H](n2cc(C)c(=O)[nH]c2=O)CC1O. The van der Waals surface area contributed by atoms with Gasteiger partial charge in [-0.15, -0.1) is 0 Å². The molecule has 2 heterocycles. The van der Waals surface area contributed by atoms with Gasteiger partial charge in [0.2, 0.25) is 0 Å². The largest absolute Gasteiger partial charge is 0.472 e. The topological polar surface area (TPSA) is 140 Å². The zero-order chi connectivity index (χ0) is 16.5. The van der Waals surface area contributed by atoms with E-state index in [1.165, 1.54) is 13.1 Å². The van der Waals surface area contributed by atoms with Crippen molar-refractivity contribution in [3.63, 3.8) is 0 Å². The minimum absolute atomic E-state index is 0.0716. The number of aliphatic hydroxyl groups excluding tert-OH is 1. The first-order valence-electron chi connectivity index (χ1n) is 6.42. The summed E-state index contributed by atoms with van der Waals surface area (Å²) in [5, 5.41) is 9.90. The molecule has 22 heavy (non-hydrogen) atoms. The van der Waals surface area contributed by atoms with E-state index >= 15 is 0 Å². The van der Waals surface area contributed by atoms with Crippen LogP contribution in [0, 0.1) is 6.92 Å². The third-order valence-electron chi connectivity index (χ3n) is 3.29. The fourth-order valence-electron chi connectivity index (χ4n) is 2.06. The smallest absolute Gasteiger partial charge is 0.390 e. The highest BCUT2D eigenvalue weighted by atomic mass is 31.2. The molecule has 0 amide bonds. The van der Waals surface area contributed by atoms with Gasteiger partial charge in [0, 0.05) is 25.3 Å². The highest BCUT2D eigenvalue weighted by Crippen LogP contribution is 2.43. The summed E-state index contributed by atoms with van der Waals surface area (Å²) in [4.78, 5) is 34.4. The van der Waals surface area contributed by atoms with E-state index in [-0.39, 0.29) is 13.0 Å². The Morgan fingerprint density at radius 3 is 2.86 bits per heavy atom. The summed E-state index contributed by atoms with van der Waals surface area (Å²) in [6.07, 6.45) is -1.32. The number of hydrogen-bond acceptors (Lipinski definition) is 7. The molecule has 3 N–H and O–H groups in total. The van der Waals surface area contributed by atoms with Gasteiger partial charge in [0.1, 0.15) is 12.3 Å².